The monoisotopic (exact) mass is 262 g/mol. The van der Waals surface area contributed by atoms with Crippen LogP contribution in [-0.2, 0) is 0 Å². The first-order valence-corrected chi connectivity index (χ1v) is 5.14. The highest BCUT2D eigenvalue weighted by Crippen LogP contribution is 2.23. The van der Waals surface area contributed by atoms with Gasteiger partial charge >= 0.3 is 0 Å². The highest BCUT2D eigenvalue weighted by atomic mass is 79.9. The van der Waals surface area contributed by atoms with Gasteiger partial charge in [-0.2, -0.15) is 0 Å². The number of benzene rings is 1. The third-order valence-electron chi connectivity index (χ3n) is 1.76. The summed E-state index contributed by atoms with van der Waals surface area (Å²) < 4.78 is 13.7. The summed E-state index contributed by atoms with van der Waals surface area (Å²) in [6.07, 6.45) is 1.72. The van der Waals surface area contributed by atoms with Gasteiger partial charge in [-0.05, 0) is 23.8 Å². The van der Waals surface area contributed by atoms with Crippen molar-refractivity contribution in [1.29, 1.82) is 0 Å². The number of allylic oxidation sites excluding steroid dienone is 1. The van der Waals surface area contributed by atoms with Gasteiger partial charge in [0.2, 0.25) is 0 Å². The maximum Gasteiger partial charge on any atom is 0.124 e. The van der Waals surface area contributed by atoms with Gasteiger partial charge in [0.15, 0.2) is 0 Å². The van der Waals surface area contributed by atoms with Gasteiger partial charge in [-0.15, -0.1) is 18.2 Å². The first kappa shape index (κ1) is 10.7. The van der Waals surface area contributed by atoms with Crippen molar-refractivity contribution in [1.82, 2.24) is 0 Å². The summed E-state index contributed by atoms with van der Waals surface area (Å²) >= 11 is 8.92. The molecule has 70 valence electrons. The van der Waals surface area contributed by atoms with E-state index >= 15 is 0 Å². The first-order chi connectivity index (χ1) is 6.17. The Morgan fingerprint density at radius 1 is 1.54 bits per heavy atom. The van der Waals surface area contributed by atoms with Crippen LogP contribution in [0.25, 0.3) is 0 Å². The minimum atomic E-state index is -0.263. The minimum absolute atomic E-state index is 0.00802. The van der Waals surface area contributed by atoms with Crippen molar-refractivity contribution in [3.63, 3.8) is 0 Å². The molecule has 0 aliphatic carbocycles. The van der Waals surface area contributed by atoms with Crippen LogP contribution in [-0.4, -0.2) is 5.88 Å². The van der Waals surface area contributed by atoms with E-state index in [1.54, 1.807) is 6.08 Å². The average Bonchev–Trinajstić information content (AvgIpc) is 2.04. The van der Waals surface area contributed by atoms with Crippen molar-refractivity contribution in [2.45, 2.75) is 5.92 Å². The standard InChI is InChI=1S/C10H9BrClF/c1-2-7(6-12)8-3-9(11)5-10(13)4-8/h2-5,7H,1,6H2. The van der Waals surface area contributed by atoms with Crippen LogP contribution < -0.4 is 0 Å². The molecule has 0 radical (unpaired) electrons. The second-order valence-corrected chi connectivity index (χ2v) is 3.92. The van der Waals surface area contributed by atoms with Crippen LogP contribution in [0.3, 0.4) is 0 Å². The molecule has 0 amide bonds. The lowest BCUT2D eigenvalue weighted by Crippen LogP contribution is -1.96. The predicted molar refractivity (Wildman–Crippen MR) is 57.8 cm³/mol. The van der Waals surface area contributed by atoms with E-state index in [1.165, 1.54) is 12.1 Å². The maximum atomic E-state index is 13.0. The Morgan fingerprint density at radius 2 is 2.23 bits per heavy atom. The molecule has 0 saturated heterocycles. The molecule has 0 N–H and O–H groups in total. The number of hydrogen-bond donors (Lipinski definition) is 0. The Balaban J connectivity index is 3.05. The summed E-state index contributed by atoms with van der Waals surface area (Å²) in [5.74, 6) is 0.161. The minimum Gasteiger partial charge on any atom is -0.207 e. The number of rotatable bonds is 3. The fraction of sp³-hybridized carbons (Fsp3) is 0.200. The smallest absolute Gasteiger partial charge is 0.124 e. The molecule has 0 bridgehead atoms. The normalized spacial score (nSPS) is 12.5. The van der Waals surface area contributed by atoms with Crippen LogP contribution in [0.15, 0.2) is 35.3 Å². The SMILES string of the molecule is C=CC(CCl)c1cc(F)cc(Br)c1. The molecule has 0 aromatic heterocycles. The van der Waals surface area contributed by atoms with Gasteiger partial charge in [0.25, 0.3) is 0 Å². The summed E-state index contributed by atoms with van der Waals surface area (Å²) in [7, 11) is 0. The molecule has 1 aromatic carbocycles. The summed E-state index contributed by atoms with van der Waals surface area (Å²) in [6, 6.07) is 4.73. The zero-order valence-corrected chi connectivity index (χ0v) is 9.28. The lowest BCUT2D eigenvalue weighted by Gasteiger charge is -2.09. The largest absolute Gasteiger partial charge is 0.207 e. The molecular weight excluding hydrogens is 254 g/mol. The number of alkyl halides is 1. The van der Waals surface area contributed by atoms with E-state index in [0.29, 0.717) is 5.88 Å². The van der Waals surface area contributed by atoms with Gasteiger partial charge < -0.3 is 0 Å². The lowest BCUT2D eigenvalue weighted by atomic mass is 10.0. The van der Waals surface area contributed by atoms with Crippen molar-refractivity contribution in [3.05, 3.63) is 46.7 Å². The molecule has 1 atom stereocenters. The number of halogens is 3. The second-order valence-electron chi connectivity index (χ2n) is 2.70. The molecule has 1 unspecified atom stereocenters. The lowest BCUT2D eigenvalue weighted by molar-refractivity contribution is 0.623. The van der Waals surface area contributed by atoms with E-state index < -0.39 is 0 Å². The first-order valence-electron chi connectivity index (χ1n) is 3.82. The fourth-order valence-electron chi connectivity index (χ4n) is 1.08. The summed E-state index contributed by atoms with van der Waals surface area (Å²) in [5.41, 5.74) is 0.844. The topological polar surface area (TPSA) is 0 Å². The highest BCUT2D eigenvalue weighted by molar-refractivity contribution is 9.10. The Kier molecular flexibility index (Phi) is 3.94. The van der Waals surface area contributed by atoms with Crippen molar-refractivity contribution < 1.29 is 4.39 Å². The van der Waals surface area contributed by atoms with Crippen LogP contribution in [0, 0.1) is 5.82 Å². The van der Waals surface area contributed by atoms with Gasteiger partial charge in [0.1, 0.15) is 5.82 Å². The summed E-state index contributed by atoms with van der Waals surface area (Å²) in [5, 5.41) is 0. The molecule has 1 aromatic rings. The Morgan fingerprint density at radius 3 is 2.69 bits per heavy atom. The predicted octanol–water partition coefficient (Wildman–Crippen LogP) is 4.10. The highest BCUT2D eigenvalue weighted by Gasteiger charge is 2.07. The van der Waals surface area contributed by atoms with Crippen molar-refractivity contribution in [3.8, 4) is 0 Å². The third-order valence-corrected chi connectivity index (χ3v) is 2.55. The Bertz CT molecular complexity index is 292. The molecule has 0 fully saturated rings. The van der Waals surface area contributed by atoms with Crippen LogP contribution in [0.5, 0.6) is 0 Å². The quantitative estimate of drug-likeness (QED) is 0.569. The van der Waals surface area contributed by atoms with E-state index in [4.69, 9.17) is 11.6 Å². The average molecular weight is 264 g/mol. The zero-order valence-electron chi connectivity index (χ0n) is 6.93. The molecule has 0 aliphatic heterocycles. The molecule has 1 rings (SSSR count). The molecular formula is C10H9BrClF. The number of hydrogen-bond acceptors (Lipinski definition) is 0. The van der Waals surface area contributed by atoms with Crippen molar-refractivity contribution in [2.24, 2.45) is 0 Å². The van der Waals surface area contributed by atoms with Gasteiger partial charge in [-0.25, -0.2) is 4.39 Å². The van der Waals surface area contributed by atoms with Gasteiger partial charge in [-0.3, -0.25) is 0 Å². The Hall–Kier alpha value is -0.340. The molecule has 0 spiro atoms. The maximum absolute atomic E-state index is 13.0. The molecule has 0 heterocycles. The van der Waals surface area contributed by atoms with Crippen LogP contribution in [0.4, 0.5) is 4.39 Å². The molecule has 13 heavy (non-hydrogen) atoms. The van der Waals surface area contributed by atoms with Gasteiger partial charge in [-0.1, -0.05) is 22.0 Å². The fourth-order valence-corrected chi connectivity index (χ4v) is 1.86. The van der Waals surface area contributed by atoms with E-state index in [0.717, 1.165) is 10.0 Å². The van der Waals surface area contributed by atoms with Crippen LogP contribution >= 0.6 is 27.5 Å². The summed E-state index contributed by atoms with van der Waals surface area (Å²) in [4.78, 5) is 0. The second kappa shape index (κ2) is 4.77. The molecule has 0 aliphatic rings. The van der Waals surface area contributed by atoms with Crippen LogP contribution in [0.2, 0.25) is 0 Å². The van der Waals surface area contributed by atoms with E-state index in [9.17, 15) is 4.39 Å². The Labute approximate surface area is 90.5 Å². The van der Waals surface area contributed by atoms with E-state index in [-0.39, 0.29) is 11.7 Å². The summed E-state index contributed by atoms with van der Waals surface area (Å²) in [6.45, 7) is 3.65. The third kappa shape index (κ3) is 2.82. The molecule has 0 saturated carbocycles. The molecule has 0 nitrogen and oxygen atoms in total. The molecule has 3 heteroatoms. The van der Waals surface area contributed by atoms with Gasteiger partial charge in [0, 0.05) is 16.3 Å². The van der Waals surface area contributed by atoms with E-state index in [1.807, 2.05) is 6.07 Å². The zero-order chi connectivity index (χ0) is 9.84. The van der Waals surface area contributed by atoms with E-state index in [2.05, 4.69) is 22.5 Å². The van der Waals surface area contributed by atoms with Crippen LogP contribution in [0.1, 0.15) is 11.5 Å². The van der Waals surface area contributed by atoms with Crippen molar-refractivity contribution in [2.75, 3.05) is 5.88 Å². The van der Waals surface area contributed by atoms with Gasteiger partial charge in [0.05, 0.1) is 0 Å². The van der Waals surface area contributed by atoms with Crippen molar-refractivity contribution >= 4 is 27.5 Å².